The Morgan fingerprint density at radius 2 is 2.31 bits per heavy atom. The molecule has 0 radical (unpaired) electrons. The van der Waals surface area contributed by atoms with E-state index < -0.39 is 6.10 Å². The Morgan fingerprint density at radius 1 is 1.69 bits per heavy atom. The van der Waals surface area contributed by atoms with Crippen LogP contribution in [0.3, 0.4) is 0 Å². The molecule has 1 saturated heterocycles. The lowest BCUT2D eigenvalue weighted by Crippen LogP contribution is -2.32. The van der Waals surface area contributed by atoms with E-state index in [2.05, 4.69) is 16.9 Å². The minimum Gasteiger partial charge on any atom is -0.390 e. The van der Waals surface area contributed by atoms with E-state index in [9.17, 15) is 5.11 Å². The average molecular weight is 202 g/mol. The van der Waals surface area contributed by atoms with Gasteiger partial charge in [0.1, 0.15) is 6.10 Å². The van der Waals surface area contributed by atoms with Gasteiger partial charge in [0.25, 0.3) is 0 Å². The third kappa shape index (κ3) is 2.47. The molecular weight excluding hydrogens is 185 g/mol. The van der Waals surface area contributed by atoms with Gasteiger partial charge in [-0.05, 0) is 0 Å². The van der Waals surface area contributed by atoms with Gasteiger partial charge in [0.2, 0.25) is 0 Å². The molecule has 1 N–H and O–H groups in total. The average Bonchev–Trinajstić information content (AvgIpc) is 2.33. The maximum Gasteiger partial charge on any atom is 0.159 e. The second kappa shape index (κ2) is 4.79. The van der Waals surface area contributed by atoms with Crippen molar-refractivity contribution in [2.75, 3.05) is 13.7 Å². The van der Waals surface area contributed by atoms with Gasteiger partial charge in [-0.25, -0.2) is 0 Å². The van der Waals surface area contributed by atoms with E-state index >= 15 is 0 Å². The quantitative estimate of drug-likeness (QED) is 0.467. The van der Waals surface area contributed by atoms with Crippen molar-refractivity contribution < 1.29 is 14.6 Å². The minimum absolute atomic E-state index is 0.125. The van der Waals surface area contributed by atoms with Crippen molar-refractivity contribution in [3.05, 3.63) is 0 Å². The molecule has 0 aromatic carbocycles. The third-order valence-electron chi connectivity index (χ3n) is 2.62. The lowest BCUT2D eigenvalue weighted by molar-refractivity contribution is -0.0185. The Bertz CT molecular complexity index is 170. The van der Waals surface area contributed by atoms with Gasteiger partial charge < -0.3 is 14.6 Å². The van der Waals surface area contributed by atoms with Crippen LogP contribution < -0.4 is 0 Å². The third-order valence-corrected chi connectivity index (χ3v) is 3.00. The fraction of sp³-hybridized carbons (Fsp3) is 1.00. The van der Waals surface area contributed by atoms with Crippen LogP contribution in [0.15, 0.2) is 0 Å². The van der Waals surface area contributed by atoms with Gasteiger partial charge in [-0.3, -0.25) is 0 Å². The van der Waals surface area contributed by atoms with Crippen LogP contribution in [0.25, 0.3) is 0 Å². The van der Waals surface area contributed by atoms with Gasteiger partial charge in [0, 0.05) is 19.0 Å². The maximum atomic E-state index is 9.79. The number of rotatable bonds is 3. The summed E-state index contributed by atoms with van der Waals surface area (Å²) < 4.78 is 10.7. The van der Waals surface area contributed by atoms with Crippen molar-refractivity contribution in [1.29, 1.82) is 0 Å². The molecule has 1 unspecified atom stereocenters. The Hall–Kier alpha value is 0.440. The number of ether oxygens (including phenoxy) is 2. The summed E-state index contributed by atoms with van der Waals surface area (Å²) in [4.78, 5) is 0. The first kappa shape index (κ1) is 11.5. The van der Waals surface area contributed by atoms with Gasteiger partial charge in [-0.1, -0.05) is 6.92 Å². The molecule has 0 amide bonds. The fourth-order valence-corrected chi connectivity index (χ4v) is 2.29. The molecule has 1 heterocycles. The van der Waals surface area contributed by atoms with E-state index in [1.165, 1.54) is 0 Å². The molecule has 1 fully saturated rings. The van der Waals surface area contributed by atoms with Gasteiger partial charge in [0.05, 0.1) is 20.4 Å². The summed E-state index contributed by atoms with van der Waals surface area (Å²) in [6.07, 6.45) is -0.188. The van der Waals surface area contributed by atoms with Gasteiger partial charge in [-0.15, -0.1) is 0 Å². The predicted molar refractivity (Wildman–Crippen MR) is 59.7 cm³/mol. The monoisotopic (exact) mass is 202 g/mol. The number of hydrogen-bond donors (Lipinski definition) is 1. The molecule has 13 heavy (non-hydrogen) atoms. The number of methoxy groups -OCH3 is 1. The first-order chi connectivity index (χ1) is 6.07. The van der Waals surface area contributed by atoms with Gasteiger partial charge in [0.15, 0.2) is 6.32 Å². The van der Waals surface area contributed by atoms with E-state index in [0.29, 0.717) is 12.9 Å². The molecule has 1 aliphatic rings. The summed E-state index contributed by atoms with van der Waals surface area (Å²) in [5.41, 5.74) is 0. The lowest BCUT2D eigenvalue weighted by atomic mass is 9.47. The maximum absolute atomic E-state index is 9.79. The van der Waals surface area contributed by atoms with Crippen LogP contribution in [0.2, 0.25) is 0 Å². The Kier molecular flexibility index (Phi) is 4.24. The van der Waals surface area contributed by atoms with Gasteiger partial charge >= 0.3 is 0 Å². The molecule has 0 aromatic rings. The van der Waals surface area contributed by atoms with Crippen LogP contribution >= 0.6 is 9.12 Å². The topological polar surface area (TPSA) is 38.7 Å². The van der Waals surface area contributed by atoms with E-state index in [-0.39, 0.29) is 18.0 Å². The van der Waals surface area contributed by atoms with Crippen molar-refractivity contribution in [2.24, 2.45) is 5.92 Å². The zero-order chi connectivity index (χ0) is 10.0. The molecule has 0 bridgehead atoms. The number of aliphatic hydroxyl groups is 1. The van der Waals surface area contributed by atoms with Crippen LogP contribution in [-0.4, -0.2) is 51.1 Å². The highest BCUT2D eigenvalue weighted by atomic mass is 31.0. The largest absolute Gasteiger partial charge is 0.390 e. The predicted octanol–water partition coefficient (Wildman–Crippen LogP) is -1.07. The Morgan fingerprint density at radius 3 is 2.69 bits per heavy atom. The second-order valence-electron chi connectivity index (χ2n) is 3.80. The molecule has 1 aliphatic heterocycles. The van der Waals surface area contributed by atoms with Crippen LogP contribution in [-0.2, 0) is 9.47 Å². The van der Waals surface area contributed by atoms with E-state index in [4.69, 9.17) is 9.47 Å². The molecule has 5 atom stereocenters. The minimum atomic E-state index is -0.395. The lowest BCUT2D eigenvalue weighted by Gasteiger charge is -2.16. The number of aliphatic hydroxyl groups excluding tert-OH is 1. The molecule has 0 saturated carbocycles. The van der Waals surface area contributed by atoms with Crippen LogP contribution in [0, 0.1) is 5.92 Å². The Labute approximate surface area is 83.2 Å². The summed E-state index contributed by atoms with van der Waals surface area (Å²) in [5, 5.41) is 9.79. The van der Waals surface area contributed by atoms with Crippen molar-refractivity contribution in [1.82, 2.24) is 0 Å². The fourth-order valence-electron chi connectivity index (χ4n) is 1.84. The summed E-state index contributed by atoms with van der Waals surface area (Å²) in [5.74, 6) is 0.188. The second-order valence-corrected chi connectivity index (χ2v) is 4.85. The smallest absolute Gasteiger partial charge is 0.159 e. The van der Waals surface area contributed by atoms with Crippen molar-refractivity contribution in [2.45, 2.75) is 25.1 Å². The van der Waals surface area contributed by atoms with Crippen LogP contribution in [0.4, 0.5) is 0 Å². The Balaban J connectivity index is 2.56. The summed E-state index contributed by atoms with van der Waals surface area (Å²) in [6.45, 7) is 2.49. The van der Waals surface area contributed by atoms with E-state index in [1.807, 2.05) is 6.92 Å². The molecule has 0 aromatic heterocycles. The van der Waals surface area contributed by atoms with Crippen molar-refractivity contribution >= 4 is 23.2 Å². The highest BCUT2D eigenvalue weighted by molar-refractivity contribution is 7.72. The number of hydrogen-bond acceptors (Lipinski definition) is 3. The zero-order valence-corrected chi connectivity index (χ0v) is 9.59. The van der Waals surface area contributed by atoms with Crippen molar-refractivity contribution in [3.8, 4) is 0 Å². The molecule has 0 spiro atoms. The standard InChI is InChI=1S/C7H17B2O3P/c1-4-6(10)5(3-11-2)12-7(4)9(8)13/h4-7,10H,3,8,13H2,1-2H3/t4-,5-,6+,7-/m1/s1. The van der Waals surface area contributed by atoms with Crippen LogP contribution in [0.1, 0.15) is 6.92 Å². The molecule has 3 nitrogen and oxygen atoms in total. The first-order valence-electron chi connectivity index (χ1n) is 4.66. The van der Waals surface area contributed by atoms with E-state index in [0.717, 1.165) is 0 Å². The van der Waals surface area contributed by atoms with Crippen molar-refractivity contribution in [3.63, 3.8) is 0 Å². The molecule has 6 heteroatoms. The summed E-state index contributed by atoms with van der Waals surface area (Å²) in [6, 6.07) is 0.125. The first-order valence-corrected chi connectivity index (χ1v) is 5.32. The molecule has 74 valence electrons. The molecule has 1 rings (SSSR count). The summed E-state index contributed by atoms with van der Waals surface area (Å²) in [7, 11) is 6.42. The molecular formula is C7H17B2O3P. The SMILES string of the molecule is BB(P)[C@@H]1O[C@H](COC)[C@@H](O)[C@H]1C. The molecule has 0 aliphatic carbocycles. The normalized spacial score (nSPS) is 39.4. The van der Waals surface area contributed by atoms with Gasteiger partial charge in [-0.2, -0.15) is 9.12 Å². The summed E-state index contributed by atoms with van der Waals surface area (Å²) >= 11 is 0. The zero-order valence-electron chi connectivity index (χ0n) is 8.43. The van der Waals surface area contributed by atoms with E-state index in [1.54, 1.807) is 7.11 Å². The van der Waals surface area contributed by atoms with Crippen LogP contribution in [0.5, 0.6) is 0 Å². The highest BCUT2D eigenvalue weighted by Crippen LogP contribution is 2.29. The highest BCUT2D eigenvalue weighted by Gasteiger charge is 2.42.